The Morgan fingerprint density at radius 2 is 1.54 bits per heavy atom. The zero-order chi connectivity index (χ0) is 28.3. The molecule has 3 aromatic rings. The van der Waals surface area contributed by atoms with Gasteiger partial charge in [-0.25, -0.2) is 9.59 Å². The third-order valence-electron chi connectivity index (χ3n) is 5.49. The zero-order valence-corrected chi connectivity index (χ0v) is 21.4. The molecule has 0 spiro atoms. The second-order valence-electron chi connectivity index (χ2n) is 8.41. The Hall–Kier alpha value is -4.11. The van der Waals surface area contributed by atoms with E-state index in [1.807, 2.05) is 24.3 Å². The molecule has 0 heterocycles. The summed E-state index contributed by atoms with van der Waals surface area (Å²) in [5, 5.41) is 0. The number of halogens is 3. The van der Waals surface area contributed by atoms with Crippen LogP contribution in [-0.2, 0) is 9.47 Å². The molecule has 0 saturated carbocycles. The van der Waals surface area contributed by atoms with Crippen LogP contribution < -0.4 is 9.47 Å². The first-order chi connectivity index (χ1) is 18.7. The Bertz CT molecular complexity index is 1240. The van der Waals surface area contributed by atoms with Crippen molar-refractivity contribution in [2.45, 2.75) is 32.0 Å². The fraction of sp³-hybridized carbons (Fsp3) is 0.267. The van der Waals surface area contributed by atoms with Crippen LogP contribution in [0.25, 0.3) is 11.1 Å². The van der Waals surface area contributed by atoms with Crippen molar-refractivity contribution in [3.05, 3.63) is 96.6 Å². The molecule has 6 nitrogen and oxygen atoms in total. The van der Waals surface area contributed by atoms with Gasteiger partial charge in [0, 0.05) is 13.0 Å². The fourth-order valence-electron chi connectivity index (χ4n) is 3.52. The first-order valence-electron chi connectivity index (χ1n) is 12.3. The number of para-hydroxylation sites is 1. The largest absolute Gasteiger partial charge is 0.490 e. The van der Waals surface area contributed by atoms with Gasteiger partial charge in [-0.2, -0.15) is 13.2 Å². The first kappa shape index (κ1) is 29.4. The topological polar surface area (TPSA) is 71.1 Å². The summed E-state index contributed by atoms with van der Waals surface area (Å²) < 4.78 is 60.1. The third-order valence-corrected chi connectivity index (χ3v) is 5.49. The molecule has 3 aromatic carbocycles. The van der Waals surface area contributed by atoms with E-state index in [4.69, 9.17) is 18.9 Å². The highest BCUT2D eigenvalue weighted by Gasteiger charge is 2.40. The van der Waals surface area contributed by atoms with E-state index >= 15 is 0 Å². The van der Waals surface area contributed by atoms with Gasteiger partial charge < -0.3 is 18.9 Å². The second-order valence-corrected chi connectivity index (χ2v) is 8.41. The molecule has 0 aliphatic heterocycles. The van der Waals surface area contributed by atoms with Gasteiger partial charge in [-0.05, 0) is 53.9 Å². The molecule has 0 fully saturated rings. The molecular formula is C30H29F3O6. The maximum Gasteiger partial charge on any atom is 0.414 e. The zero-order valence-electron chi connectivity index (χ0n) is 21.4. The van der Waals surface area contributed by atoms with Crippen molar-refractivity contribution < 1.29 is 41.7 Å². The van der Waals surface area contributed by atoms with Crippen molar-refractivity contribution >= 4 is 11.9 Å². The van der Waals surface area contributed by atoms with Gasteiger partial charge in [0.1, 0.15) is 23.7 Å². The van der Waals surface area contributed by atoms with Crippen LogP contribution in [0.5, 0.6) is 11.5 Å². The summed E-state index contributed by atoms with van der Waals surface area (Å²) in [6.07, 6.45) is -5.08. The summed E-state index contributed by atoms with van der Waals surface area (Å²) >= 11 is 0. The summed E-state index contributed by atoms with van der Waals surface area (Å²) in [6, 6.07) is 20.0. The third kappa shape index (κ3) is 8.71. The summed E-state index contributed by atoms with van der Waals surface area (Å²) in [5.41, 5.74) is 1.95. The number of hydrogen-bond donors (Lipinski definition) is 0. The standard InChI is InChI=1S/C30H29F3O6/c1-3-18-36-24-15-13-22(14-16-24)21-9-11-23(12-10-21)28(34)39-26-8-6-5-7-25(26)29(35)38-20-17-27(30(31,32)33)37-19-4-2/h3,5-16,27H,1,4,17-20H2,2H3. The van der Waals surface area contributed by atoms with Gasteiger partial charge in [0.25, 0.3) is 0 Å². The highest BCUT2D eigenvalue weighted by molar-refractivity contribution is 5.96. The molecule has 39 heavy (non-hydrogen) atoms. The number of ether oxygens (including phenoxy) is 4. The predicted octanol–water partition coefficient (Wildman–Crippen LogP) is 7.04. The quantitative estimate of drug-likeness (QED) is 0.131. The van der Waals surface area contributed by atoms with Crippen LogP contribution in [0.2, 0.25) is 0 Å². The van der Waals surface area contributed by atoms with Crippen molar-refractivity contribution in [1.82, 2.24) is 0 Å². The summed E-state index contributed by atoms with van der Waals surface area (Å²) in [4.78, 5) is 25.3. The summed E-state index contributed by atoms with van der Waals surface area (Å²) in [5.74, 6) is -0.979. The van der Waals surface area contributed by atoms with Gasteiger partial charge in [0.05, 0.1) is 12.2 Å². The number of carbonyl (C=O) groups is 2. The minimum absolute atomic E-state index is 0.0603. The van der Waals surface area contributed by atoms with Crippen LogP contribution in [0.15, 0.2) is 85.5 Å². The van der Waals surface area contributed by atoms with Crippen molar-refractivity contribution in [2.75, 3.05) is 19.8 Å². The van der Waals surface area contributed by atoms with Gasteiger partial charge >= 0.3 is 18.1 Å². The molecule has 9 heteroatoms. The Morgan fingerprint density at radius 1 is 0.897 bits per heavy atom. The van der Waals surface area contributed by atoms with Gasteiger partial charge in [0.2, 0.25) is 0 Å². The van der Waals surface area contributed by atoms with E-state index in [-0.39, 0.29) is 23.5 Å². The fourth-order valence-corrected chi connectivity index (χ4v) is 3.52. The smallest absolute Gasteiger partial charge is 0.414 e. The number of carbonyl (C=O) groups excluding carboxylic acids is 2. The van der Waals surface area contributed by atoms with Crippen LogP contribution in [0, 0.1) is 0 Å². The lowest BCUT2D eigenvalue weighted by Gasteiger charge is -2.20. The molecule has 206 valence electrons. The van der Waals surface area contributed by atoms with Crippen molar-refractivity contribution in [2.24, 2.45) is 0 Å². The number of hydrogen-bond acceptors (Lipinski definition) is 6. The minimum Gasteiger partial charge on any atom is -0.490 e. The molecule has 3 rings (SSSR count). The molecule has 0 aliphatic carbocycles. The maximum absolute atomic E-state index is 13.1. The second kappa shape index (κ2) is 14.2. The molecule has 0 aromatic heterocycles. The maximum atomic E-state index is 13.1. The number of rotatable bonds is 13. The van der Waals surface area contributed by atoms with Crippen LogP contribution in [0.1, 0.15) is 40.5 Å². The van der Waals surface area contributed by atoms with E-state index in [1.54, 1.807) is 43.3 Å². The van der Waals surface area contributed by atoms with E-state index < -0.39 is 37.2 Å². The highest BCUT2D eigenvalue weighted by atomic mass is 19.4. The van der Waals surface area contributed by atoms with Crippen LogP contribution >= 0.6 is 0 Å². The van der Waals surface area contributed by atoms with Crippen LogP contribution in [-0.4, -0.2) is 44.0 Å². The molecular weight excluding hydrogens is 513 g/mol. The SMILES string of the molecule is C=CCOc1ccc(-c2ccc(C(=O)Oc3ccccc3C(=O)OCCC(OCCC)C(F)(F)F)cc2)cc1. The Kier molecular flexibility index (Phi) is 10.7. The van der Waals surface area contributed by atoms with Crippen LogP contribution in [0.3, 0.4) is 0 Å². The Morgan fingerprint density at radius 3 is 2.15 bits per heavy atom. The van der Waals surface area contributed by atoms with E-state index in [0.717, 1.165) is 11.1 Å². The first-order valence-corrected chi connectivity index (χ1v) is 12.3. The van der Waals surface area contributed by atoms with Crippen molar-refractivity contribution in [1.29, 1.82) is 0 Å². The lowest BCUT2D eigenvalue weighted by molar-refractivity contribution is -0.223. The average Bonchev–Trinajstić information content (AvgIpc) is 2.93. The molecule has 0 bridgehead atoms. The highest BCUT2D eigenvalue weighted by Crippen LogP contribution is 2.27. The van der Waals surface area contributed by atoms with E-state index in [0.29, 0.717) is 18.8 Å². The Labute approximate surface area is 225 Å². The van der Waals surface area contributed by atoms with E-state index in [1.165, 1.54) is 18.2 Å². The van der Waals surface area contributed by atoms with Gasteiger partial charge in [-0.15, -0.1) is 0 Å². The van der Waals surface area contributed by atoms with E-state index in [9.17, 15) is 22.8 Å². The van der Waals surface area contributed by atoms with Crippen molar-refractivity contribution in [3.8, 4) is 22.6 Å². The average molecular weight is 543 g/mol. The minimum atomic E-state index is -4.58. The molecule has 1 atom stereocenters. The normalized spacial score (nSPS) is 11.9. The van der Waals surface area contributed by atoms with Crippen LogP contribution in [0.4, 0.5) is 13.2 Å². The molecule has 1 unspecified atom stereocenters. The molecule has 0 aliphatic rings. The summed E-state index contributed by atoms with van der Waals surface area (Å²) in [7, 11) is 0. The lowest BCUT2D eigenvalue weighted by atomic mass is 10.0. The van der Waals surface area contributed by atoms with Gasteiger partial charge in [0.15, 0.2) is 6.10 Å². The number of alkyl halides is 3. The number of esters is 2. The monoisotopic (exact) mass is 542 g/mol. The van der Waals surface area contributed by atoms with Gasteiger partial charge in [-0.1, -0.05) is 56.0 Å². The Balaban J connectivity index is 1.62. The molecule has 0 saturated heterocycles. The molecule has 0 amide bonds. The summed E-state index contributed by atoms with van der Waals surface area (Å²) in [6.45, 7) is 5.14. The van der Waals surface area contributed by atoms with Gasteiger partial charge in [-0.3, -0.25) is 0 Å². The lowest BCUT2D eigenvalue weighted by Crippen LogP contribution is -2.33. The molecule has 0 N–H and O–H groups in total. The van der Waals surface area contributed by atoms with Crippen molar-refractivity contribution in [3.63, 3.8) is 0 Å². The predicted molar refractivity (Wildman–Crippen MR) is 140 cm³/mol. The van der Waals surface area contributed by atoms with E-state index in [2.05, 4.69) is 6.58 Å². The molecule has 0 radical (unpaired) electrons. The number of benzene rings is 3.